The van der Waals surface area contributed by atoms with E-state index in [0.717, 1.165) is 36.8 Å². The average Bonchev–Trinajstić information content (AvgIpc) is 3.23. The van der Waals surface area contributed by atoms with Crippen LogP contribution in [0, 0.1) is 13.8 Å². The molecule has 5 nitrogen and oxygen atoms in total. The van der Waals surface area contributed by atoms with Crippen LogP contribution in [0.1, 0.15) is 29.7 Å². The highest BCUT2D eigenvalue weighted by Gasteiger charge is 2.12. The number of benzene rings is 2. The molecule has 1 aliphatic heterocycles. The summed E-state index contributed by atoms with van der Waals surface area (Å²) in [7, 11) is 0. The molecule has 1 aromatic heterocycles. The normalized spacial score (nSPS) is 13.6. The van der Waals surface area contributed by atoms with E-state index in [1.165, 1.54) is 29.7 Å². The number of aryl methyl sites for hydroxylation is 2. The quantitative estimate of drug-likeness (QED) is 0.633. The first-order valence-electron chi connectivity index (χ1n) is 9.93. The minimum Gasteiger partial charge on any atom is -0.372 e. The molecule has 1 fully saturated rings. The summed E-state index contributed by atoms with van der Waals surface area (Å²) < 4.78 is 0. The Morgan fingerprint density at radius 1 is 0.893 bits per heavy atom. The molecule has 0 unspecified atom stereocenters. The average molecular weight is 374 g/mol. The van der Waals surface area contributed by atoms with E-state index in [1.54, 1.807) is 0 Å². The predicted molar refractivity (Wildman–Crippen MR) is 116 cm³/mol. The summed E-state index contributed by atoms with van der Waals surface area (Å²) >= 11 is 0. The number of aromatic nitrogens is 2. The molecule has 5 heteroatoms. The third-order valence-corrected chi connectivity index (χ3v) is 5.04. The number of nitrogens with zero attached hydrogens (tertiary/aromatic N) is 3. The molecule has 1 saturated heterocycles. The fourth-order valence-electron chi connectivity index (χ4n) is 3.47. The maximum atomic E-state index is 4.62. The number of rotatable bonds is 6. The standard InChI is InChI=1S/C23H27N5/c1-17-5-7-19(8-6-17)16-24-22-15-18(2)25-23(27-22)26-20-9-11-21(12-10-20)28-13-3-4-14-28/h5-12,15H,3-4,13-14,16H2,1-2H3,(H2,24,25,26,27). The highest BCUT2D eigenvalue weighted by molar-refractivity contribution is 5.60. The van der Waals surface area contributed by atoms with Crippen LogP contribution in [0.15, 0.2) is 54.6 Å². The summed E-state index contributed by atoms with van der Waals surface area (Å²) in [6, 6.07) is 19.0. The maximum Gasteiger partial charge on any atom is 0.229 e. The molecule has 0 amide bonds. The topological polar surface area (TPSA) is 53.1 Å². The van der Waals surface area contributed by atoms with Gasteiger partial charge in [0, 0.05) is 42.8 Å². The van der Waals surface area contributed by atoms with Gasteiger partial charge in [0.25, 0.3) is 0 Å². The number of nitrogens with one attached hydrogen (secondary N) is 2. The molecule has 0 saturated carbocycles. The Kier molecular flexibility index (Phi) is 5.42. The van der Waals surface area contributed by atoms with Crippen molar-refractivity contribution in [3.63, 3.8) is 0 Å². The molecule has 1 aliphatic rings. The first kappa shape index (κ1) is 18.3. The van der Waals surface area contributed by atoms with Crippen LogP contribution in [0.5, 0.6) is 0 Å². The maximum absolute atomic E-state index is 4.62. The lowest BCUT2D eigenvalue weighted by atomic mass is 10.1. The third kappa shape index (κ3) is 4.60. The van der Waals surface area contributed by atoms with Gasteiger partial charge in [-0.1, -0.05) is 29.8 Å². The van der Waals surface area contributed by atoms with Crippen molar-refractivity contribution in [2.24, 2.45) is 0 Å². The zero-order valence-electron chi connectivity index (χ0n) is 16.6. The van der Waals surface area contributed by atoms with Crippen LogP contribution in [0.4, 0.5) is 23.1 Å². The lowest BCUT2D eigenvalue weighted by molar-refractivity contribution is 0.949. The van der Waals surface area contributed by atoms with Gasteiger partial charge >= 0.3 is 0 Å². The van der Waals surface area contributed by atoms with Crippen molar-refractivity contribution in [2.75, 3.05) is 28.6 Å². The lowest BCUT2D eigenvalue weighted by Gasteiger charge is -2.18. The molecule has 2 N–H and O–H groups in total. The van der Waals surface area contributed by atoms with Gasteiger partial charge in [-0.15, -0.1) is 0 Å². The van der Waals surface area contributed by atoms with Crippen LogP contribution >= 0.6 is 0 Å². The molecule has 3 aromatic rings. The molecule has 0 spiro atoms. The van der Waals surface area contributed by atoms with Crippen molar-refractivity contribution in [3.05, 3.63) is 71.4 Å². The second-order valence-corrected chi connectivity index (χ2v) is 7.42. The molecule has 0 aliphatic carbocycles. The van der Waals surface area contributed by atoms with Crippen molar-refractivity contribution < 1.29 is 0 Å². The van der Waals surface area contributed by atoms with Crippen LogP contribution in [-0.2, 0) is 6.54 Å². The lowest BCUT2D eigenvalue weighted by Crippen LogP contribution is -2.17. The predicted octanol–water partition coefficient (Wildman–Crippen LogP) is 5.05. The van der Waals surface area contributed by atoms with Gasteiger partial charge in [-0.05, 0) is 56.5 Å². The summed E-state index contributed by atoms with van der Waals surface area (Å²) in [5, 5.41) is 6.72. The highest BCUT2D eigenvalue weighted by atomic mass is 15.2. The first-order chi connectivity index (χ1) is 13.7. The molecule has 2 heterocycles. The van der Waals surface area contributed by atoms with Crippen LogP contribution < -0.4 is 15.5 Å². The molecule has 0 radical (unpaired) electrons. The van der Waals surface area contributed by atoms with Gasteiger partial charge in [0.05, 0.1) is 0 Å². The fraction of sp³-hybridized carbons (Fsp3) is 0.304. The molecular weight excluding hydrogens is 346 g/mol. The number of anilines is 4. The monoisotopic (exact) mass is 373 g/mol. The Bertz CT molecular complexity index is 913. The van der Waals surface area contributed by atoms with Gasteiger partial charge in [0.2, 0.25) is 5.95 Å². The van der Waals surface area contributed by atoms with Crippen LogP contribution in [0.2, 0.25) is 0 Å². The van der Waals surface area contributed by atoms with Gasteiger partial charge in [0.15, 0.2) is 0 Å². The summed E-state index contributed by atoms with van der Waals surface area (Å²) in [6.45, 7) is 7.13. The summed E-state index contributed by atoms with van der Waals surface area (Å²) in [4.78, 5) is 11.6. The molecule has 0 atom stereocenters. The van der Waals surface area contributed by atoms with E-state index in [-0.39, 0.29) is 0 Å². The van der Waals surface area contributed by atoms with E-state index in [2.05, 4.69) is 81.0 Å². The Hall–Kier alpha value is -3.08. The van der Waals surface area contributed by atoms with E-state index in [4.69, 9.17) is 0 Å². The SMILES string of the molecule is Cc1ccc(CNc2cc(C)nc(Nc3ccc(N4CCCC4)cc3)n2)cc1. The highest BCUT2D eigenvalue weighted by Crippen LogP contribution is 2.23. The number of hydrogen-bond donors (Lipinski definition) is 2. The molecule has 144 valence electrons. The Balaban J connectivity index is 1.42. The van der Waals surface area contributed by atoms with E-state index >= 15 is 0 Å². The molecule has 0 bridgehead atoms. The second kappa shape index (κ2) is 8.30. The fourth-order valence-corrected chi connectivity index (χ4v) is 3.47. The van der Waals surface area contributed by atoms with Crippen LogP contribution in [0.25, 0.3) is 0 Å². The van der Waals surface area contributed by atoms with E-state index in [9.17, 15) is 0 Å². The Morgan fingerprint density at radius 3 is 2.32 bits per heavy atom. The number of hydrogen-bond acceptors (Lipinski definition) is 5. The van der Waals surface area contributed by atoms with Crippen molar-refractivity contribution in [3.8, 4) is 0 Å². The minimum absolute atomic E-state index is 0.611. The Morgan fingerprint density at radius 2 is 1.61 bits per heavy atom. The summed E-state index contributed by atoms with van der Waals surface area (Å²) in [5.41, 5.74) is 5.71. The first-order valence-corrected chi connectivity index (χ1v) is 9.93. The van der Waals surface area contributed by atoms with Gasteiger partial charge in [-0.25, -0.2) is 4.98 Å². The van der Waals surface area contributed by atoms with E-state index < -0.39 is 0 Å². The van der Waals surface area contributed by atoms with Gasteiger partial charge < -0.3 is 15.5 Å². The van der Waals surface area contributed by atoms with Crippen molar-refractivity contribution in [1.82, 2.24) is 9.97 Å². The van der Waals surface area contributed by atoms with Gasteiger partial charge in [-0.2, -0.15) is 4.98 Å². The van der Waals surface area contributed by atoms with Gasteiger partial charge in [0.1, 0.15) is 5.82 Å². The van der Waals surface area contributed by atoms with Crippen LogP contribution in [-0.4, -0.2) is 23.1 Å². The molecular formula is C23H27N5. The van der Waals surface area contributed by atoms with E-state index in [0.29, 0.717) is 5.95 Å². The largest absolute Gasteiger partial charge is 0.372 e. The molecule has 28 heavy (non-hydrogen) atoms. The summed E-state index contributed by atoms with van der Waals surface area (Å²) in [6.07, 6.45) is 2.57. The zero-order chi connectivity index (χ0) is 19.3. The smallest absolute Gasteiger partial charge is 0.229 e. The van der Waals surface area contributed by atoms with Crippen molar-refractivity contribution >= 4 is 23.1 Å². The van der Waals surface area contributed by atoms with Crippen molar-refractivity contribution in [1.29, 1.82) is 0 Å². The third-order valence-electron chi connectivity index (χ3n) is 5.04. The van der Waals surface area contributed by atoms with Crippen molar-refractivity contribution in [2.45, 2.75) is 33.2 Å². The van der Waals surface area contributed by atoms with Crippen LogP contribution in [0.3, 0.4) is 0 Å². The molecule has 4 rings (SSSR count). The second-order valence-electron chi connectivity index (χ2n) is 7.42. The molecule has 2 aromatic carbocycles. The van der Waals surface area contributed by atoms with E-state index in [1.807, 2.05) is 13.0 Å². The summed E-state index contributed by atoms with van der Waals surface area (Å²) in [5.74, 6) is 1.43. The zero-order valence-corrected chi connectivity index (χ0v) is 16.6. The van der Waals surface area contributed by atoms with Gasteiger partial charge in [-0.3, -0.25) is 0 Å². The Labute approximate surface area is 166 Å². The minimum atomic E-state index is 0.611.